The standard InChI is InChI=1S/C13H20N2O3S/c1-19(17,18)12-8-4-6-10(13(12)14)15-9-5-2-3-7-11(9)16/h4,6,8-9,11,15-16H,2-3,5,7,14H2,1H3. The zero-order valence-electron chi connectivity index (χ0n) is 11.0. The van der Waals surface area contributed by atoms with Crippen molar-refractivity contribution in [3.63, 3.8) is 0 Å². The lowest BCUT2D eigenvalue weighted by Crippen LogP contribution is -2.36. The van der Waals surface area contributed by atoms with E-state index in [1.165, 1.54) is 6.07 Å². The monoisotopic (exact) mass is 284 g/mol. The molecular formula is C13H20N2O3S. The van der Waals surface area contributed by atoms with Gasteiger partial charge in [0.1, 0.15) is 0 Å². The lowest BCUT2D eigenvalue weighted by atomic mass is 9.92. The Hall–Kier alpha value is -1.27. The van der Waals surface area contributed by atoms with Crippen LogP contribution in [0.3, 0.4) is 0 Å². The van der Waals surface area contributed by atoms with Gasteiger partial charge in [0, 0.05) is 6.26 Å². The molecule has 0 bridgehead atoms. The molecule has 0 amide bonds. The molecule has 2 atom stereocenters. The average Bonchev–Trinajstić information content (AvgIpc) is 2.33. The van der Waals surface area contributed by atoms with Crippen LogP contribution in [-0.4, -0.2) is 31.9 Å². The molecule has 0 spiro atoms. The van der Waals surface area contributed by atoms with Gasteiger partial charge in [-0.05, 0) is 25.0 Å². The van der Waals surface area contributed by atoms with Crippen molar-refractivity contribution >= 4 is 21.2 Å². The van der Waals surface area contributed by atoms with E-state index in [1.807, 2.05) is 0 Å². The van der Waals surface area contributed by atoms with Gasteiger partial charge in [-0.3, -0.25) is 0 Å². The van der Waals surface area contributed by atoms with Crippen LogP contribution in [0.1, 0.15) is 25.7 Å². The van der Waals surface area contributed by atoms with E-state index in [-0.39, 0.29) is 16.6 Å². The molecule has 0 aromatic heterocycles. The first-order valence-corrected chi connectivity index (χ1v) is 8.32. The Bertz CT molecular complexity index is 557. The summed E-state index contributed by atoms with van der Waals surface area (Å²) < 4.78 is 23.2. The highest BCUT2D eigenvalue weighted by Crippen LogP contribution is 2.29. The SMILES string of the molecule is CS(=O)(=O)c1cccc(NC2CCCCC2O)c1N. The predicted molar refractivity (Wildman–Crippen MR) is 75.8 cm³/mol. The summed E-state index contributed by atoms with van der Waals surface area (Å²) in [5, 5.41) is 13.1. The molecule has 1 aliphatic rings. The molecule has 1 aromatic rings. The summed E-state index contributed by atoms with van der Waals surface area (Å²) in [6.07, 6.45) is 4.44. The Labute approximate surface area is 113 Å². The summed E-state index contributed by atoms with van der Waals surface area (Å²) in [6, 6.07) is 4.83. The summed E-state index contributed by atoms with van der Waals surface area (Å²) in [5.74, 6) is 0. The summed E-state index contributed by atoms with van der Waals surface area (Å²) in [5.41, 5.74) is 6.71. The molecule has 2 rings (SSSR count). The highest BCUT2D eigenvalue weighted by Gasteiger charge is 2.24. The Morgan fingerprint density at radius 3 is 2.63 bits per heavy atom. The Morgan fingerprint density at radius 1 is 1.32 bits per heavy atom. The number of nitrogen functional groups attached to an aromatic ring is 1. The van der Waals surface area contributed by atoms with Gasteiger partial charge in [0.2, 0.25) is 0 Å². The number of rotatable bonds is 3. The second-order valence-electron chi connectivity index (χ2n) is 5.09. The molecule has 0 aliphatic heterocycles. The molecule has 0 saturated heterocycles. The van der Waals surface area contributed by atoms with E-state index in [0.29, 0.717) is 5.69 Å². The molecule has 106 valence electrons. The van der Waals surface area contributed by atoms with E-state index in [4.69, 9.17) is 5.73 Å². The second-order valence-corrected chi connectivity index (χ2v) is 7.08. The molecule has 1 fully saturated rings. The summed E-state index contributed by atoms with van der Waals surface area (Å²) in [6.45, 7) is 0. The summed E-state index contributed by atoms with van der Waals surface area (Å²) in [7, 11) is -3.34. The molecular weight excluding hydrogens is 264 g/mol. The third-order valence-electron chi connectivity index (χ3n) is 3.54. The van der Waals surface area contributed by atoms with Crippen LogP contribution < -0.4 is 11.1 Å². The van der Waals surface area contributed by atoms with E-state index in [0.717, 1.165) is 31.9 Å². The van der Waals surface area contributed by atoms with Crippen LogP contribution in [0.4, 0.5) is 11.4 Å². The Morgan fingerprint density at radius 2 is 2.00 bits per heavy atom. The molecule has 4 N–H and O–H groups in total. The van der Waals surface area contributed by atoms with Crippen LogP contribution in [0.25, 0.3) is 0 Å². The van der Waals surface area contributed by atoms with Crippen molar-refractivity contribution in [2.45, 2.75) is 42.7 Å². The van der Waals surface area contributed by atoms with Gasteiger partial charge < -0.3 is 16.2 Å². The third kappa shape index (κ3) is 3.19. The number of anilines is 2. The van der Waals surface area contributed by atoms with Crippen LogP contribution in [0.5, 0.6) is 0 Å². The molecule has 1 aromatic carbocycles. The fourth-order valence-corrected chi connectivity index (χ4v) is 3.31. The zero-order chi connectivity index (χ0) is 14.0. The number of aliphatic hydroxyl groups is 1. The maximum absolute atomic E-state index is 11.6. The molecule has 1 saturated carbocycles. The van der Waals surface area contributed by atoms with Gasteiger partial charge in [0.15, 0.2) is 9.84 Å². The van der Waals surface area contributed by atoms with Crippen molar-refractivity contribution in [2.75, 3.05) is 17.3 Å². The minimum absolute atomic E-state index is 0.0640. The topological polar surface area (TPSA) is 92.4 Å². The number of para-hydroxylation sites is 1. The molecule has 2 unspecified atom stereocenters. The van der Waals surface area contributed by atoms with Crippen LogP contribution in [0.15, 0.2) is 23.1 Å². The first-order valence-electron chi connectivity index (χ1n) is 6.43. The van der Waals surface area contributed by atoms with Gasteiger partial charge in [-0.2, -0.15) is 0 Å². The van der Waals surface area contributed by atoms with Crippen molar-refractivity contribution < 1.29 is 13.5 Å². The first-order chi connectivity index (χ1) is 8.89. The molecule has 0 heterocycles. The van der Waals surface area contributed by atoms with Crippen LogP contribution in [0.2, 0.25) is 0 Å². The van der Waals surface area contributed by atoms with Crippen LogP contribution in [-0.2, 0) is 9.84 Å². The highest BCUT2D eigenvalue weighted by atomic mass is 32.2. The fourth-order valence-electron chi connectivity index (χ4n) is 2.47. The lowest BCUT2D eigenvalue weighted by Gasteiger charge is -2.29. The molecule has 5 nitrogen and oxygen atoms in total. The van der Waals surface area contributed by atoms with Crippen molar-refractivity contribution in [1.82, 2.24) is 0 Å². The first kappa shape index (κ1) is 14.1. The van der Waals surface area contributed by atoms with E-state index in [2.05, 4.69) is 5.32 Å². The van der Waals surface area contributed by atoms with Gasteiger partial charge >= 0.3 is 0 Å². The summed E-state index contributed by atoms with van der Waals surface area (Å²) >= 11 is 0. The van der Waals surface area contributed by atoms with Crippen LogP contribution in [0, 0.1) is 0 Å². The summed E-state index contributed by atoms with van der Waals surface area (Å²) in [4.78, 5) is 0.128. The molecule has 19 heavy (non-hydrogen) atoms. The lowest BCUT2D eigenvalue weighted by molar-refractivity contribution is 0.116. The number of benzene rings is 1. The Balaban J connectivity index is 2.26. The van der Waals surface area contributed by atoms with Crippen molar-refractivity contribution in [3.8, 4) is 0 Å². The quantitative estimate of drug-likeness (QED) is 0.729. The molecule has 0 radical (unpaired) electrons. The number of aliphatic hydroxyl groups excluding tert-OH is 1. The van der Waals surface area contributed by atoms with E-state index in [1.54, 1.807) is 12.1 Å². The smallest absolute Gasteiger partial charge is 0.177 e. The largest absolute Gasteiger partial charge is 0.396 e. The van der Waals surface area contributed by atoms with E-state index >= 15 is 0 Å². The minimum Gasteiger partial charge on any atom is -0.396 e. The van der Waals surface area contributed by atoms with Crippen LogP contribution >= 0.6 is 0 Å². The fraction of sp³-hybridized carbons (Fsp3) is 0.538. The van der Waals surface area contributed by atoms with Gasteiger partial charge in [0.25, 0.3) is 0 Å². The Kier molecular flexibility index (Phi) is 4.01. The third-order valence-corrected chi connectivity index (χ3v) is 4.69. The van der Waals surface area contributed by atoms with E-state index in [9.17, 15) is 13.5 Å². The highest BCUT2D eigenvalue weighted by molar-refractivity contribution is 7.90. The molecule has 6 heteroatoms. The minimum atomic E-state index is -3.34. The number of hydrogen-bond donors (Lipinski definition) is 3. The predicted octanol–water partition coefficient (Wildman–Crippen LogP) is 1.39. The maximum Gasteiger partial charge on any atom is 0.177 e. The van der Waals surface area contributed by atoms with Gasteiger partial charge in [0.05, 0.1) is 28.4 Å². The zero-order valence-corrected chi connectivity index (χ0v) is 11.8. The number of sulfone groups is 1. The number of nitrogens with one attached hydrogen (secondary N) is 1. The average molecular weight is 284 g/mol. The van der Waals surface area contributed by atoms with Crippen molar-refractivity contribution in [3.05, 3.63) is 18.2 Å². The second kappa shape index (κ2) is 5.38. The molecule has 1 aliphatic carbocycles. The normalized spacial score (nSPS) is 24.1. The number of nitrogens with two attached hydrogens (primary N) is 1. The van der Waals surface area contributed by atoms with E-state index < -0.39 is 15.9 Å². The van der Waals surface area contributed by atoms with Gasteiger partial charge in [-0.1, -0.05) is 18.9 Å². The van der Waals surface area contributed by atoms with Crippen molar-refractivity contribution in [2.24, 2.45) is 0 Å². The maximum atomic E-state index is 11.6. The number of hydrogen-bond acceptors (Lipinski definition) is 5. The van der Waals surface area contributed by atoms with Gasteiger partial charge in [-0.25, -0.2) is 8.42 Å². The van der Waals surface area contributed by atoms with Gasteiger partial charge in [-0.15, -0.1) is 0 Å². The van der Waals surface area contributed by atoms with Crippen molar-refractivity contribution in [1.29, 1.82) is 0 Å².